The number of nitrogens with zero attached hydrogens (tertiary/aromatic N) is 2. The molecule has 2 aromatic rings. The maximum Gasteiger partial charge on any atom is 0.156 e. The molecule has 4 heteroatoms. The van der Waals surface area contributed by atoms with Gasteiger partial charge in [-0.05, 0) is 37.2 Å². The fraction of sp³-hybridized carbons (Fsp3) is 0.500. The summed E-state index contributed by atoms with van der Waals surface area (Å²) in [5.74, 6) is 1.44. The monoisotopic (exact) mass is 282 g/mol. The molecule has 0 radical (unpaired) electrons. The normalized spacial score (nSPS) is 19.5. The van der Waals surface area contributed by atoms with E-state index in [4.69, 9.17) is 23.2 Å². The first-order valence-electron chi connectivity index (χ1n) is 6.41. The van der Waals surface area contributed by atoms with E-state index in [0.717, 1.165) is 24.4 Å². The van der Waals surface area contributed by atoms with Crippen molar-refractivity contribution in [2.24, 2.45) is 11.8 Å². The van der Waals surface area contributed by atoms with E-state index in [2.05, 4.69) is 23.2 Å². The summed E-state index contributed by atoms with van der Waals surface area (Å²) in [5, 5.41) is 1.30. The molecule has 0 saturated carbocycles. The van der Waals surface area contributed by atoms with Gasteiger partial charge in [0, 0.05) is 11.9 Å². The molecule has 2 aromatic heterocycles. The van der Waals surface area contributed by atoms with Crippen molar-refractivity contribution in [3.63, 3.8) is 0 Å². The van der Waals surface area contributed by atoms with Crippen LogP contribution in [0.3, 0.4) is 0 Å². The largest absolute Gasteiger partial charge is 0.301 e. The molecule has 0 aliphatic heterocycles. The van der Waals surface area contributed by atoms with Crippen molar-refractivity contribution < 1.29 is 0 Å². The van der Waals surface area contributed by atoms with Gasteiger partial charge in [0.05, 0.1) is 15.7 Å². The molecule has 2 nitrogen and oxygen atoms in total. The third kappa shape index (κ3) is 1.92. The van der Waals surface area contributed by atoms with Gasteiger partial charge in [-0.3, -0.25) is 0 Å². The van der Waals surface area contributed by atoms with Gasteiger partial charge >= 0.3 is 0 Å². The Balaban J connectivity index is 2.15. The second-order valence-corrected chi connectivity index (χ2v) is 6.30. The minimum Gasteiger partial charge on any atom is -0.301 e. The van der Waals surface area contributed by atoms with Gasteiger partial charge in [0.25, 0.3) is 0 Å². The predicted molar refractivity (Wildman–Crippen MR) is 75.6 cm³/mol. The molecule has 1 unspecified atom stereocenters. The molecular formula is C14H16Cl2N2. The van der Waals surface area contributed by atoms with Gasteiger partial charge in [0.15, 0.2) is 5.65 Å². The van der Waals surface area contributed by atoms with Crippen LogP contribution in [-0.4, -0.2) is 9.38 Å². The number of aryl methyl sites for hydroxylation is 1. The van der Waals surface area contributed by atoms with Gasteiger partial charge in [-0.25, -0.2) is 4.98 Å². The van der Waals surface area contributed by atoms with Crippen molar-refractivity contribution in [2.75, 3.05) is 0 Å². The summed E-state index contributed by atoms with van der Waals surface area (Å²) >= 11 is 12.3. The Bertz CT molecular complexity index is 601. The number of aromatic nitrogens is 2. The van der Waals surface area contributed by atoms with Gasteiger partial charge in [0.2, 0.25) is 0 Å². The van der Waals surface area contributed by atoms with Crippen molar-refractivity contribution in [1.82, 2.24) is 9.38 Å². The summed E-state index contributed by atoms with van der Waals surface area (Å²) in [6.45, 7) is 4.58. The van der Waals surface area contributed by atoms with Crippen LogP contribution >= 0.6 is 23.2 Å². The second-order valence-electron chi connectivity index (χ2n) is 5.45. The number of imidazole rings is 1. The zero-order valence-corrected chi connectivity index (χ0v) is 12.1. The molecule has 1 aliphatic rings. The summed E-state index contributed by atoms with van der Waals surface area (Å²) in [4.78, 5) is 4.66. The lowest BCUT2D eigenvalue weighted by Crippen LogP contribution is -2.19. The first kappa shape index (κ1) is 12.3. The van der Waals surface area contributed by atoms with Gasteiger partial charge in [-0.2, -0.15) is 0 Å². The van der Waals surface area contributed by atoms with E-state index in [1.165, 1.54) is 17.8 Å². The van der Waals surface area contributed by atoms with E-state index < -0.39 is 0 Å². The Hall–Kier alpha value is -0.730. The fourth-order valence-electron chi connectivity index (χ4n) is 2.82. The lowest BCUT2D eigenvalue weighted by Gasteiger charge is -2.25. The van der Waals surface area contributed by atoms with Gasteiger partial charge in [-0.1, -0.05) is 37.0 Å². The lowest BCUT2D eigenvalue weighted by molar-refractivity contribution is 0.337. The van der Waals surface area contributed by atoms with Crippen LogP contribution in [0, 0.1) is 11.8 Å². The Labute approximate surface area is 117 Å². The molecule has 96 valence electrons. The second kappa shape index (κ2) is 4.43. The van der Waals surface area contributed by atoms with Crippen molar-refractivity contribution in [3.8, 4) is 0 Å². The number of rotatable bonds is 1. The quantitative estimate of drug-likeness (QED) is 0.758. The third-order valence-corrected chi connectivity index (χ3v) is 4.46. The standard InChI is InChI=1S/C14H16Cl2N2/c1-8(2)9-3-4-12-13(5-9)18-7-10(15)6-11(16)14(18)17-12/h6-9H,3-5H2,1-2H3. The van der Waals surface area contributed by atoms with Crippen molar-refractivity contribution in [3.05, 3.63) is 33.7 Å². The summed E-state index contributed by atoms with van der Waals surface area (Å²) < 4.78 is 2.08. The van der Waals surface area contributed by atoms with Crippen LogP contribution < -0.4 is 0 Å². The van der Waals surface area contributed by atoms with Crippen LogP contribution in [0.4, 0.5) is 0 Å². The van der Waals surface area contributed by atoms with Crippen molar-refractivity contribution in [2.45, 2.75) is 33.1 Å². The molecule has 18 heavy (non-hydrogen) atoms. The Morgan fingerprint density at radius 2 is 2.17 bits per heavy atom. The van der Waals surface area contributed by atoms with Crippen LogP contribution in [-0.2, 0) is 12.8 Å². The van der Waals surface area contributed by atoms with Crippen LogP contribution in [0.2, 0.25) is 10.0 Å². The number of pyridine rings is 1. The van der Waals surface area contributed by atoms with E-state index in [0.29, 0.717) is 16.0 Å². The Kier molecular flexibility index (Phi) is 3.03. The van der Waals surface area contributed by atoms with Gasteiger partial charge in [0.1, 0.15) is 0 Å². The van der Waals surface area contributed by atoms with E-state index >= 15 is 0 Å². The maximum absolute atomic E-state index is 6.21. The summed E-state index contributed by atoms with van der Waals surface area (Å²) in [6.07, 6.45) is 5.27. The highest BCUT2D eigenvalue weighted by Crippen LogP contribution is 2.33. The Morgan fingerprint density at radius 1 is 1.39 bits per heavy atom. The highest BCUT2D eigenvalue weighted by atomic mass is 35.5. The first-order chi connectivity index (χ1) is 8.56. The van der Waals surface area contributed by atoms with E-state index in [-0.39, 0.29) is 0 Å². The fourth-order valence-corrected chi connectivity index (χ4v) is 3.34. The highest BCUT2D eigenvalue weighted by molar-refractivity contribution is 6.36. The molecule has 0 aromatic carbocycles. The number of halogens is 2. The minimum atomic E-state index is 0.637. The third-order valence-electron chi connectivity index (χ3n) is 3.97. The topological polar surface area (TPSA) is 17.3 Å². The average Bonchev–Trinajstić information content (AvgIpc) is 2.67. The van der Waals surface area contributed by atoms with E-state index in [1.54, 1.807) is 6.07 Å². The first-order valence-corrected chi connectivity index (χ1v) is 7.16. The molecule has 2 heterocycles. The van der Waals surface area contributed by atoms with Crippen LogP contribution in [0.1, 0.15) is 31.7 Å². The zero-order valence-electron chi connectivity index (χ0n) is 10.6. The molecule has 0 N–H and O–H groups in total. The molecule has 0 spiro atoms. The van der Waals surface area contributed by atoms with Crippen molar-refractivity contribution in [1.29, 1.82) is 0 Å². The lowest BCUT2D eigenvalue weighted by atomic mass is 9.82. The molecule has 1 aliphatic carbocycles. The molecule has 3 rings (SSSR count). The molecule has 0 amide bonds. The van der Waals surface area contributed by atoms with Gasteiger partial charge in [-0.15, -0.1) is 0 Å². The number of hydrogen-bond donors (Lipinski definition) is 0. The molecule has 0 saturated heterocycles. The zero-order chi connectivity index (χ0) is 12.9. The minimum absolute atomic E-state index is 0.637. The van der Waals surface area contributed by atoms with Crippen molar-refractivity contribution >= 4 is 28.8 Å². The smallest absolute Gasteiger partial charge is 0.156 e. The Morgan fingerprint density at radius 3 is 2.89 bits per heavy atom. The summed E-state index contributed by atoms with van der Waals surface area (Å²) in [6, 6.07) is 1.76. The molecular weight excluding hydrogens is 267 g/mol. The van der Waals surface area contributed by atoms with E-state index in [9.17, 15) is 0 Å². The number of hydrogen-bond acceptors (Lipinski definition) is 1. The summed E-state index contributed by atoms with van der Waals surface area (Å²) in [5.41, 5.74) is 3.32. The average molecular weight is 283 g/mol. The van der Waals surface area contributed by atoms with E-state index in [1.807, 2.05) is 6.20 Å². The van der Waals surface area contributed by atoms with Crippen LogP contribution in [0.25, 0.3) is 5.65 Å². The molecule has 0 fully saturated rings. The summed E-state index contributed by atoms with van der Waals surface area (Å²) in [7, 11) is 0. The van der Waals surface area contributed by atoms with Gasteiger partial charge < -0.3 is 4.40 Å². The molecule has 0 bridgehead atoms. The molecule has 1 atom stereocenters. The maximum atomic E-state index is 6.21. The predicted octanol–water partition coefficient (Wildman–Crippen LogP) is 4.40. The van der Waals surface area contributed by atoms with Crippen LogP contribution in [0.15, 0.2) is 12.3 Å². The highest BCUT2D eigenvalue weighted by Gasteiger charge is 2.25. The SMILES string of the molecule is CC(C)C1CCc2nc3c(Cl)cc(Cl)cn3c2C1. The van der Waals surface area contributed by atoms with Crippen LogP contribution in [0.5, 0.6) is 0 Å². The number of fused-ring (bicyclic) bond motifs is 3.